The molecule has 0 aliphatic carbocycles. The lowest BCUT2D eigenvalue weighted by molar-refractivity contribution is 0.0450. The number of esters is 1. The molecule has 112 valence electrons. The van der Waals surface area contributed by atoms with Gasteiger partial charge in [0, 0.05) is 0 Å². The SMILES string of the molecule is N#Cc1ccc(OCCOC(=O)c2ccc(F)c(F)c2)cc1. The molecule has 0 heterocycles. The standard InChI is InChI=1S/C16H11F2NO3/c17-14-6-3-12(9-15(14)18)16(20)22-8-7-21-13-4-1-11(10-19)2-5-13/h1-6,9H,7-8H2. The number of hydrogen-bond donors (Lipinski definition) is 0. The Morgan fingerprint density at radius 3 is 2.41 bits per heavy atom. The molecule has 0 radical (unpaired) electrons. The second-order valence-corrected chi connectivity index (χ2v) is 4.25. The molecule has 0 fully saturated rings. The highest BCUT2D eigenvalue weighted by molar-refractivity contribution is 5.89. The number of nitriles is 1. The molecule has 22 heavy (non-hydrogen) atoms. The topological polar surface area (TPSA) is 59.3 Å². The zero-order valence-electron chi connectivity index (χ0n) is 11.4. The molecular weight excluding hydrogens is 292 g/mol. The van der Waals surface area contributed by atoms with Gasteiger partial charge in [-0.3, -0.25) is 0 Å². The van der Waals surface area contributed by atoms with Crippen LogP contribution in [0.4, 0.5) is 8.78 Å². The van der Waals surface area contributed by atoms with Gasteiger partial charge in [-0.25, -0.2) is 13.6 Å². The average Bonchev–Trinajstić information content (AvgIpc) is 2.54. The first-order valence-corrected chi connectivity index (χ1v) is 6.35. The maximum atomic E-state index is 13.0. The van der Waals surface area contributed by atoms with Crippen LogP contribution in [0.25, 0.3) is 0 Å². The summed E-state index contributed by atoms with van der Waals surface area (Å²) in [6, 6.07) is 11.2. The van der Waals surface area contributed by atoms with E-state index in [-0.39, 0.29) is 18.8 Å². The summed E-state index contributed by atoms with van der Waals surface area (Å²) in [4.78, 5) is 11.6. The van der Waals surface area contributed by atoms with Gasteiger partial charge >= 0.3 is 5.97 Å². The minimum absolute atomic E-state index is 0.0438. The zero-order chi connectivity index (χ0) is 15.9. The smallest absolute Gasteiger partial charge is 0.338 e. The normalized spacial score (nSPS) is 9.86. The van der Waals surface area contributed by atoms with Gasteiger partial charge in [-0.2, -0.15) is 5.26 Å². The first kappa shape index (κ1) is 15.4. The fraction of sp³-hybridized carbons (Fsp3) is 0.125. The number of rotatable bonds is 5. The van der Waals surface area contributed by atoms with Crippen LogP contribution in [0, 0.1) is 23.0 Å². The van der Waals surface area contributed by atoms with Crippen molar-refractivity contribution >= 4 is 5.97 Å². The Balaban J connectivity index is 1.79. The van der Waals surface area contributed by atoms with E-state index < -0.39 is 17.6 Å². The van der Waals surface area contributed by atoms with E-state index in [1.165, 1.54) is 0 Å². The van der Waals surface area contributed by atoms with Crippen molar-refractivity contribution in [1.29, 1.82) is 5.26 Å². The molecule has 0 amide bonds. The summed E-state index contributed by atoms with van der Waals surface area (Å²) < 4.78 is 35.9. The first-order valence-electron chi connectivity index (χ1n) is 6.35. The highest BCUT2D eigenvalue weighted by Crippen LogP contribution is 2.12. The van der Waals surface area contributed by atoms with E-state index in [9.17, 15) is 13.6 Å². The van der Waals surface area contributed by atoms with Crippen LogP contribution < -0.4 is 4.74 Å². The molecule has 0 aliphatic rings. The number of carbonyl (C=O) groups excluding carboxylic acids is 1. The van der Waals surface area contributed by atoms with Crippen molar-refractivity contribution in [1.82, 2.24) is 0 Å². The second-order valence-electron chi connectivity index (χ2n) is 4.25. The monoisotopic (exact) mass is 303 g/mol. The number of benzene rings is 2. The van der Waals surface area contributed by atoms with Crippen molar-refractivity contribution < 1.29 is 23.0 Å². The molecule has 2 rings (SSSR count). The average molecular weight is 303 g/mol. The Morgan fingerprint density at radius 2 is 1.77 bits per heavy atom. The Bertz CT molecular complexity index is 708. The molecule has 0 saturated carbocycles. The van der Waals surface area contributed by atoms with Crippen LogP contribution in [-0.2, 0) is 4.74 Å². The maximum absolute atomic E-state index is 13.0. The molecule has 0 spiro atoms. The van der Waals surface area contributed by atoms with Gasteiger partial charge in [-0.15, -0.1) is 0 Å². The van der Waals surface area contributed by atoms with Crippen LogP contribution >= 0.6 is 0 Å². The predicted octanol–water partition coefficient (Wildman–Crippen LogP) is 3.07. The van der Waals surface area contributed by atoms with Gasteiger partial charge < -0.3 is 9.47 Å². The fourth-order valence-electron chi connectivity index (χ4n) is 1.63. The van der Waals surface area contributed by atoms with Gasteiger partial charge in [0.25, 0.3) is 0 Å². The summed E-state index contributed by atoms with van der Waals surface area (Å²) in [6.45, 7) is 0.0547. The molecule has 0 aliphatic heterocycles. The summed E-state index contributed by atoms with van der Waals surface area (Å²) in [5.41, 5.74) is 0.439. The number of hydrogen-bond acceptors (Lipinski definition) is 4. The quantitative estimate of drug-likeness (QED) is 0.629. The van der Waals surface area contributed by atoms with Crippen LogP contribution in [0.5, 0.6) is 5.75 Å². The van der Waals surface area contributed by atoms with Crippen LogP contribution in [-0.4, -0.2) is 19.2 Å². The van der Waals surface area contributed by atoms with E-state index in [1.807, 2.05) is 6.07 Å². The van der Waals surface area contributed by atoms with Crippen LogP contribution in [0.2, 0.25) is 0 Å². The Labute approximate surface area is 125 Å². The van der Waals surface area contributed by atoms with Crippen LogP contribution in [0.15, 0.2) is 42.5 Å². The fourth-order valence-corrected chi connectivity index (χ4v) is 1.63. The number of carbonyl (C=O) groups is 1. The van der Waals surface area contributed by atoms with Gasteiger partial charge in [-0.05, 0) is 42.5 Å². The lowest BCUT2D eigenvalue weighted by Crippen LogP contribution is -2.12. The summed E-state index contributed by atoms with van der Waals surface area (Å²) in [5, 5.41) is 8.65. The summed E-state index contributed by atoms with van der Waals surface area (Å²) in [6.07, 6.45) is 0. The molecule has 2 aromatic carbocycles. The summed E-state index contributed by atoms with van der Waals surface area (Å²) >= 11 is 0. The Morgan fingerprint density at radius 1 is 1.05 bits per heavy atom. The van der Waals surface area contributed by atoms with Crippen molar-refractivity contribution in [3.05, 3.63) is 65.2 Å². The van der Waals surface area contributed by atoms with E-state index in [2.05, 4.69) is 0 Å². The van der Waals surface area contributed by atoms with Crippen molar-refractivity contribution in [3.63, 3.8) is 0 Å². The molecular formula is C16H11F2NO3. The van der Waals surface area contributed by atoms with Gasteiger partial charge in [0.05, 0.1) is 17.2 Å². The zero-order valence-corrected chi connectivity index (χ0v) is 11.4. The second kappa shape index (κ2) is 7.18. The highest BCUT2D eigenvalue weighted by atomic mass is 19.2. The van der Waals surface area contributed by atoms with Crippen LogP contribution in [0.3, 0.4) is 0 Å². The van der Waals surface area contributed by atoms with E-state index in [0.717, 1.165) is 18.2 Å². The number of ether oxygens (including phenoxy) is 2. The van der Waals surface area contributed by atoms with Gasteiger partial charge in [0.1, 0.15) is 19.0 Å². The molecule has 4 nitrogen and oxygen atoms in total. The third-order valence-corrected chi connectivity index (χ3v) is 2.72. The van der Waals surface area contributed by atoms with Crippen molar-refractivity contribution in [2.24, 2.45) is 0 Å². The van der Waals surface area contributed by atoms with Crippen LogP contribution in [0.1, 0.15) is 15.9 Å². The molecule has 2 aromatic rings. The number of halogens is 2. The predicted molar refractivity (Wildman–Crippen MR) is 73.3 cm³/mol. The first-order chi connectivity index (χ1) is 10.6. The summed E-state index contributed by atoms with van der Waals surface area (Å²) in [7, 11) is 0. The highest BCUT2D eigenvalue weighted by Gasteiger charge is 2.10. The van der Waals surface area contributed by atoms with Crippen molar-refractivity contribution in [2.75, 3.05) is 13.2 Å². The Kier molecular flexibility index (Phi) is 5.04. The Hall–Kier alpha value is -2.94. The van der Waals surface area contributed by atoms with Crippen molar-refractivity contribution in [2.45, 2.75) is 0 Å². The minimum atomic E-state index is -1.11. The van der Waals surface area contributed by atoms with E-state index in [0.29, 0.717) is 11.3 Å². The van der Waals surface area contributed by atoms with Crippen molar-refractivity contribution in [3.8, 4) is 11.8 Å². The van der Waals surface area contributed by atoms with Gasteiger partial charge in [0.2, 0.25) is 0 Å². The number of nitrogens with zero attached hydrogens (tertiary/aromatic N) is 1. The lowest BCUT2D eigenvalue weighted by atomic mass is 10.2. The molecule has 0 N–H and O–H groups in total. The van der Waals surface area contributed by atoms with Gasteiger partial charge in [0.15, 0.2) is 11.6 Å². The molecule has 0 unspecified atom stereocenters. The van der Waals surface area contributed by atoms with Gasteiger partial charge in [-0.1, -0.05) is 0 Å². The molecule has 0 atom stereocenters. The van der Waals surface area contributed by atoms with E-state index in [1.54, 1.807) is 24.3 Å². The summed E-state index contributed by atoms with van der Waals surface area (Å²) in [5.74, 6) is -2.37. The molecule has 0 saturated heterocycles. The largest absolute Gasteiger partial charge is 0.490 e. The maximum Gasteiger partial charge on any atom is 0.338 e. The van der Waals surface area contributed by atoms with E-state index in [4.69, 9.17) is 14.7 Å². The molecule has 0 bridgehead atoms. The minimum Gasteiger partial charge on any atom is -0.490 e. The molecule has 0 aromatic heterocycles. The third kappa shape index (κ3) is 4.03. The third-order valence-electron chi connectivity index (χ3n) is 2.72. The molecule has 6 heteroatoms. The van der Waals surface area contributed by atoms with E-state index >= 15 is 0 Å². The lowest BCUT2D eigenvalue weighted by Gasteiger charge is -2.07.